The second-order valence-corrected chi connectivity index (χ2v) is 7.62. The molecule has 0 atom stereocenters. The third-order valence-electron chi connectivity index (χ3n) is 5.37. The van der Waals surface area contributed by atoms with Gasteiger partial charge in [0.05, 0.1) is 35.8 Å². The van der Waals surface area contributed by atoms with E-state index in [-0.39, 0.29) is 17.2 Å². The van der Waals surface area contributed by atoms with Crippen molar-refractivity contribution in [3.63, 3.8) is 0 Å². The second-order valence-electron chi connectivity index (χ2n) is 7.62. The van der Waals surface area contributed by atoms with E-state index >= 15 is 0 Å². The summed E-state index contributed by atoms with van der Waals surface area (Å²) in [4.78, 5) is 34.1. The van der Waals surface area contributed by atoms with Crippen molar-refractivity contribution in [1.29, 1.82) is 0 Å². The van der Waals surface area contributed by atoms with Crippen LogP contribution in [-0.4, -0.2) is 63.1 Å². The molecular weight excluding hydrogens is 410 g/mol. The van der Waals surface area contributed by atoms with Crippen molar-refractivity contribution in [2.75, 3.05) is 32.0 Å². The lowest BCUT2D eigenvalue weighted by atomic mass is 10.1. The number of nitrogens with zero attached hydrogens (tertiary/aromatic N) is 5. The summed E-state index contributed by atoms with van der Waals surface area (Å²) in [5.74, 6) is 0.323. The third-order valence-corrected chi connectivity index (χ3v) is 5.37. The fraction of sp³-hybridized carbons (Fsp3) is 0.318. The number of nitrogen functional groups attached to an aromatic ring is 1. The van der Waals surface area contributed by atoms with Crippen LogP contribution in [0.15, 0.2) is 36.8 Å². The molecule has 3 aromatic rings. The number of likely N-dealkylation sites (tertiary alicyclic amines) is 1. The number of hydrogen-bond acceptors (Lipinski definition) is 8. The van der Waals surface area contributed by atoms with E-state index in [4.69, 9.17) is 16.2 Å². The van der Waals surface area contributed by atoms with Gasteiger partial charge in [-0.1, -0.05) is 0 Å². The highest BCUT2D eigenvalue weighted by atomic mass is 16.5. The molecule has 4 N–H and O–H groups in total. The molecule has 32 heavy (non-hydrogen) atoms. The molecule has 1 fully saturated rings. The van der Waals surface area contributed by atoms with Crippen molar-refractivity contribution in [2.45, 2.75) is 19.3 Å². The van der Waals surface area contributed by atoms with E-state index in [0.717, 1.165) is 32.3 Å². The molecule has 0 saturated carbocycles. The van der Waals surface area contributed by atoms with Crippen molar-refractivity contribution >= 4 is 18.0 Å². The Morgan fingerprint density at radius 2 is 2.03 bits per heavy atom. The molecule has 1 aliphatic heterocycles. The van der Waals surface area contributed by atoms with Gasteiger partial charge < -0.3 is 21.1 Å². The Hall–Kier alpha value is -3.79. The Morgan fingerprint density at radius 3 is 2.75 bits per heavy atom. The largest absolute Gasteiger partial charge is 0.493 e. The van der Waals surface area contributed by atoms with Gasteiger partial charge in [0.1, 0.15) is 5.75 Å². The maximum atomic E-state index is 11.7. The Kier molecular flexibility index (Phi) is 6.41. The Morgan fingerprint density at radius 1 is 1.22 bits per heavy atom. The quantitative estimate of drug-likeness (QED) is 0.382. The summed E-state index contributed by atoms with van der Waals surface area (Å²) >= 11 is 0. The van der Waals surface area contributed by atoms with E-state index in [1.165, 1.54) is 36.1 Å². The number of carbonyl (C=O) groups is 2. The molecular formula is C22H25N7O3. The molecule has 2 aromatic heterocycles. The average molecular weight is 435 g/mol. The number of benzene rings is 1. The van der Waals surface area contributed by atoms with Gasteiger partial charge in [0, 0.05) is 18.3 Å². The first-order chi connectivity index (χ1) is 15.5. The highest BCUT2D eigenvalue weighted by Gasteiger charge is 2.14. The first kappa shape index (κ1) is 21.4. The van der Waals surface area contributed by atoms with Crippen molar-refractivity contribution in [2.24, 2.45) is 5.73 Å². The van der Waals surface area contributed by atoms with Gasteiger partial charge in [0.25, 0.3) is 5.91 Å². The van der Waals surface area contributed by atoms with Crippen molar-refractivity contribution < 1.29 is 14.3 Å². The number of hydrogen-bond donors (Lipinski definition) is 2. The lowest BCUT2D eigenvalue weighted by Gasteiger charge is -2.15. The lowest BCUT2D eigenvalue weighted by molar-refractivity contribution is 0.0999. The number of nitrogens with two attached hydrogens (primary N) is 2. The van der Waals surface area contributed by atoms with Gasteiger partial charge >= 0.3 is 0 Å². The molecule has 0 radical (unpaired) electrons. The van der Waals surface area contributed by atoms with Gasteiger partial charge in [-0.15, -0.1) is 0 Å². The first-order valence-electron chi connectivity index (χ1n) is 10.5. The van der Waals surface area contributed by atoms with Crippen LogP contribution in [0.4, 0.5) is 5.82 Å². The van der Waals surface area contributed by atoms with E-state index < -0.39 is 5.91 Å². The number of anilines is 1. The highest BCUT2D eigenvalue weighted by molar-refractivity contribution is 5.92. The summed E-state index contributed by atoms with van der Waals surface area (Å²) in [6.45, 7) is 3.86. The van der Waals surface area contributed by atoms with E-state index in [1.807, 2.05) is 6.07 Å². The zero-order valence-corrected chi connectivity index (χ0v) is 17.6. The normalized spacial score (nSPS) is 13.9. The molecule has 10 nitrogen and oxygen atoms in total. The average Bonchev–Trinajstić information content (AvgIpc) is 3.49. The third kappa shape index (κ3) is 4.75. The van der Waals surface area contributed by atoms with Gasteiger partial charge in [-0.2, -0.15) is 5.10 Å². The van der Waals surface area contributed by atoms with Crippen molar-refractivity contribution in [1.82, 2.24) is 24.6 Å². The molecule has 1 aliphatic rings. The minimum absolute atomic E-state index is 0.140. The summed E-state index contributed by atoms with van der Waals surface area (Å²) in [7, 11) is 0. The molecule has 3 heterocycles. The van der Waals surface area contributed by atoms with E-state index in [1.54, 1.807) is 12.1 Å². The fourth-order valence-electron chi connectivity index (χ4n) is 3.67. The number of amides is 1. The maximum absolute atomic E-state index is 11.7. The molecule has 0 spiro atoms. The lowest BCUT2D eigenvalue weighted by Crippen LogP contribution is -2.22. The number of primary amides is 1. The van der Waals surface area contributed by atoms with Crippen LogP contribution in [0.3, 0.4) is 0 Å². The Labute approximate surface area is 185 Å². The fourth-order valence-corrected chi connectivity index (χ4v) is 3.67. The van der Waals surface area contributed by atoms with E-state index in [2.05, 4.69) is 20.0 Å². The Bertz CT molecular complexity index is 1120. The number of carbonyl (C=O) groups excluding carboxylic acids is 2. The minimum Gasteiger partial charge on any atom is -0.493 e. The van der Waals surface area contributed by atoms with Crippen molar-refractivity contribution in [3.05, 3.63) is 47.9 Å². The summed E-state index contributed by atoms with van der Waals surface area (Å²) in [5, 5.41) is 4.08. The van der Waals surface area contributed by atoms with E-state index in [9.17, 15) is 9.59 Å². The monoisotopic (exact) mass is 435 g/mol. The smallest absolute Gasteiger partial charge is 0.251 e. The summed E-state index contributed by atoms with van der Waals surface area (Å²) in [6, 6.07) is 5.27. The molecule has 0 bridgehead atoms. The molecule has 1 aromatic carbocycles. The van der Waals surface area contributed by atoms with Gasteiger partial charge in [-0.25, -0.2) is 14.6 Å². The van der Waals surface area contributed by atoms with Gasteiger partial charge in [0.15, 0.2) is 17.9 Å². The molecule has 0 unspecified atom stereocenters. The molecule has 10 heteroatoms. The maximum Gasteiger partial charge on any atom is 0.251 e. The van der Waals surface area contributed by atoms with Crippen LogP contribution in [0.1, 0.15) is 40.0 Å². The van der Waals surface area contributed by atoms with Crippen LogP contribution < -0.4 is 16.2 Å². The highest BCUT2D eigenvalue weighted by Crippen LogP contribution is 2.26. The number of ether oxygens (including phenoxy) is 1. The molecule has 166 valence electrons. The second kappa shape index (κ2) is 9.56. The molecule has 4 rings (SSSR count). The summed E-state index contributed by atoms with van der Waals surface area (Å²) < 4.78 is 7.18. The zero-order chi connectivity index (χ0) is 22.5. The number of aldehydes is 1. The predicted molar refractivity (Wildman–Crippen MR) is 119 cm³/mol. The van der Waals surface area contributed by atoms with Gasteiger partial charge in [-0.3, -0.25) is 9.59 Å². The Balaban J connectivity index is 1.50. The van der Waals surface area contributed by atoms with Crippen LogP contribution in [0, 0.1) is 0 Å². The topological polar surface area (TPSA) is 142 Å². The zero-order valence-electron chi connectivity index (χ0n) is 17.6. The molecule has 1 amide bonds. The van der Waals surface area contributed by atoms with Crippen LogP contribution in [0.2, 0.25) is 0 Å². The van der Waals surface area contributed by atoms with Gasteiger partial charge in [0.2, 0.25) is 0 Å². The van der Waals surface area contributed by atoms with E-state index in [0.29, 0.717) is 29.2 Å². The standard InChI is InChI=1S/C22H25N7O3/c23-20-22(29-13-17(11-26-29)21(24)31)27-18(12-25-20)15-4-5-19(16(10-15)14-30)32-9-3-8-28-6-1-2-7-28/h4-5,10-14H,1-3,6-9H2,(H2,23,25)(H2,24,31). The van der Waals surface area contributed by atoms with Crippen LogP contribution in [0.25, 0.3) is 17.1 Å². The number of rotatable bonds is 9. The predicted octanol–water partition coefficient (Wildman–Crippen LogP) is 1.69. The van der Waals surface area contributed by atoms with Crippen LogP contribution in [-0.2, 0) is 0 Å². The molecule has 1 saturated heterocycles. The minimum atomic E-state index is -0.606. The van der Waals surface area contributed by atoms with Crippen molar-refractivity contribution in [3.8, 4) is 22.8 Å². The molecule has 0 aliphatic carbocycles. The van der Waals surface area contributed by atoms with Crippen LogP contribution in [0.5, 0.6) is 5.75 Å². The van der Waals surface area contributed by atoms with Crippen LogP contribution >= 0.6 is 0 Å². The summed E-state index contributed by atoms with van der Waals surface area (Å²) in [6.07, 6.45) is 8.47. The number of aromatic nitrogens is 4. The first-order valence-corrected chi connectivity index (χ1v) is 10.5. The summed E-state index contributed by atoms with van der Waals surface area (Å²) in [5.41, 5.74) is 13.1. The van der Waals surface area contributed by atoms with Gasteiger partial charge in [-0.05, 0) is 50.6 Å². The SMILES string of the molecule is NC(=O)c1cnn(-c2nc(-c3ccc(OCCCN4CCCC4)c(C=O)c3)cnc2N)c1.